The van der Waals surface area contributed by atoms with Gasteiger partial charge in [0.1, 0.15) is 0 Å². The summed E-state index contributed by atoms with van der Waals surface area (Å²) >= 11 is 9.05. The van der Waals surface area contributed by atoms with Crippen LogP contribution in [0.2, 0.25) is 0 Å². The maximum atomic E-state index is 10.5. The highest BCUT2D eigenvalue weighted by Crippen LogP contribution is 2.08. The molecule has 0 saturated heterocycles. The lowest BCUT2D eigenvalue weighted by molar-refractivity contribution is -0.813. The number of dihydropyridines is 1. The van der Waals surface area contributed by atoms with E-state index in [9.17, 15) is 9.90 Å². The largest absolute Gasteiger partial charge is 0.637 e. The first-order valence-electron chi connectivity index (χ1n) is 3.74. The van der Waals surface area contributed by atoms with Crippen LogP contribution < -0.4 is 5.32 Å². The highest BCUT2D eigenvalue weighted by Gasteiger charge is 2.19. The standard InChI is InChI=1S/C7H7N3O3S2/c11-6(5-1-3-8-4-2-5)9(14)10(15)7(12)13/h1-4,8,11H,(H,12,13). The molecule has 0 fully saturated rings. The van der Waals surface area contributed by atoms with Crippen molar-refractivity contribution in [1.29, 1.82) is 0 Å². The van der Waals surface area contributed by atoms with Crippen molar-refractivity contribution in [3.63, 3.8) is 0 Å². The molecule has 0 aromatic carbocycles. The second-order valence-electron chi connectivity index (χ2n) is 2.44. The lowest BCUT2D eigenvalue weighted by Crippen LogP contribution is -2.23. The van der Waals surface area contributed by atoms with Crippen LogP contribution in [-0.2, 0) is 25.6 Å². The fourth-order valence-electron chi connectivity index (χ4n) is 0.810. The first kappa shape index (κ1) is 11.4. The van der Waals surface area contributed by atoms with E-state index in [-0.39, 0.29) is 4.10 Å². The Morgan fingerprint density at radius 1 is 1.20 bits per heavy atom. The van der Waals surface area contributed by atoms with Crippen LogP contribution in [0, 0.1) is 0 Å². The normalized spacial score (nSPS) is 15.6. The van der Waals surface area contributed by atoms with E-state index < -0.39 is 12.0 Å². The van der Waals surface area contributed by atoms with Crippen molar-refractivity contribution in [2.24, 2.45) is 0 Å². The monoisotopic (exact) mass is 245 g/mol. The summed E-state index contributed by atoms with van der Waals surface area (Å²) in [5.74, 6) is -0.420. The van der Waals surface area contributed by atoms with Gasteiger partial charge in [0.05, 0.1) is 5.57 Å². The van der Waals surface area contributed by atoms with E-state index in [1.54, 1.807) is 12.4 Å². The average Bonchev–Trinajstić information content (AvgIpc) is 2.27. The molecule has 8 heteroatoms. The van der Waals surface area contributed by atoms with E-state index in [1.165, 1.54) is 12.2 Å². The molecule has 0 aromatic rings. The number of aliphatic hydroxyl groups is 1. The van der Waals surface area contributed by atoms with Crippen LogP contribution in [0.1, 0.15) is 0 Å². The van der Waals surface area contributed by atoms with Gasteiger partial charge in [0, 0.05) is 12.4 Å². The third-order valence-corrected chi connectivity index (χ3v) is 2.25. The van der Waals surface area contributed by atoms with Gasteiger partial charge in [0.25, 0.3) is 0 Å². The van der Waals surface area contributed by atoms with Crippen LogP contribution in [0.5, 0.6) is 0 Å². The zero-order valence-electron chi connectivity index (χ0n) is 7.32. The van der Waals surface area contributed by atoms with Crippen molar-refractivity contribution in [3.8, 4) is 0 Å². The maximum absolute atomic E-state index is 10.5. The number of hydrogen-bond acceptors (Lipinski definition) is 5. The number of nitrogens with one attached hydrogen (secondary N) is 1. The zero-order valence-corrected chi connectivity index (χ0v) is 8.96. The van der Waals surface area contributed by atoms with Crippen molar-refractivity contribution in [2.45, 2.75) is 0 Å². The van der Waals surface area contributed by atoms with Gasteiger partial charge < -0.3 is 41.2 Å². The molecule has 1 aliphatic rings. The quantitative estimate of drug-likeness (QED) is 0.270. The van der Waals surface area contributed by atoms with Crippen LogP contribution in [0.4, 0.5) is 4.79 Å². The molecule has 1 amide bonds. The average molecular weight is 245 g/mol. The molecule has 0 unspecified atom stereocenters. The fraction of sp³-hybridized carbons (Fsp3) is 0. The van der Waals surface area contributed by atoms with Crippen molar-refractivity contribution in [1.82, 2.24) is 5.32 Å². The number of amides is 1. The van der Waals surface area contributed by atoms with Crippen molar-refractivity contribution >= 4 is 31.7 Å². The number of carboxylic acid groups (broad SMARTS) is 1. The number of aliphatic hydroxyl groups excluding tert-OH is 1. The maximum Gasteiger partial charge on any atom is 0.637 e. The van der Waals surface area contributed by atoms with Crippen LogP contribution in [-0.4, -0.2) is 24.5 Å². The summed E-state index contributed by atoms with van der Waals surface area (Å²) in [6.45, 7) is 0. The van der Waals surface area contributed by atoms with E-state index in [2.05, 4.69) is 30.9 Å². The molecule has 0 atom stereocenters. The molecule has 0 bridgehead atoms. The third-order valence-electron chi connectivity index (χ3n) is 1.49. The Hall–Kier alpha value is -1.67. The molecule has 3 N–H and O–H groups in total. The molecule has 1 heterocycles. The van der Waals surface area contributed by atoms with Gasteiger partial charge in [-0.15, -0.1) is 0 Å². The Morgan fingerprint density at radius 3 is 2.20 bits per heavy atom. The van der Waals surface area contributed by atoms with Gasteiger partial charge in [-0.3, -0.25) is 0 Å². The lowest BCUT2D eigenvalue weighted by Gasteiger charge is -2.04. The smallest absolute Gasteiger partial charge is 0.456 e. The number of hydrogen-bond donors (Lipinski definition) is 3. The molecule has 0 saturated carbocycles. The summed E-state index contributed by atoms with van der Waals surface area (Å²) in [4.78, 5) is 10.5. The van der Waals surface area contributed by atoms with Gasteiger partial charge >= 0.3 is 12.0 Å². The summed E-state index contributed by atoms with van der Waals surface area (Å²) in [5, 5.41) is 20.8. The van der Waals surface area contributed by atoms with Gasteiger partial charge in [0.15, 0.2) is 0 Å². The Balaban J connectivity index is 3.13. The molecule has 1 rings (SSSR count). The van der Waals surface area contributed by atoms with Gasteiger partial charge in [-0.1, -0.05) is 0 Å². The Bertz CT molecular complexity index is 398. The van der Waals surface area contributed by atoms with Crippen LogP contribution in [0.3, 0.4) is 0 Å². The molecular formula is C7H7N3O3S2. The number of nitrogens with zero attached hydrogens (tertiary/aromatic N) is 2. The van der Waals surface area contributed by atoms with Gasteiger partial charge in [-0.05, 0) is 20.4 Å². The van der Waals surface area contributed by atoms with Crippen LogP contribution in [0.25, 0.3) is 0 Å². The fourth-order valence-corrected chi connectivity index (χ4v) is 1.06. The van der Waals surface area contributed by atoms with Crippen LogP contribution in [0.15, 0.2) is 36.0 Å². The second kappa shape index (κ2) is 4.71. The molecule has 15 heavy (non-hydrogen) atoms. The van der Waals surface area contributed by atoms with E-state index in [0.717, 1.165) is 0 Å². The topological polar surface area (TPSA) is 75.6 Å². The summed E-state index contributed by atoms with van der Waals surface area (Å²) in [5.41, 5.74) is 0.361. The Kier molecular flexibility index (Phi) is 3.58. The number of carbonyl (C=O) groups is 1. The molecule has 0 radical (unpaired) electrons. The van der Waals surface area contributed by atoms with E-state index >= 15 is 0 Å². The summed E-state index contributed by atoms with van der Waals surface area (Å²) in [7, 11) is 0. The number of rotatable bonds is 1. The molecule has 0 aromatic heterocycles. The third kappa shape index (κ3) is 2.64. The first-order chi connectivity index (χ1) is 7.04. The molecular weight excluding hydrogens is 238 g/mol. The highest BCUT2D eigenvalue weighted by atomic mass is 32.1. The van der Waals surface area contributed by atoms with Crippen LogP contribution >= 0.6 is 0 Å². The highest BCUT2D eigenvalue weighted by molar-refractivity contribution is 7.53. The number of azo groups is 1. The zero-order chi connectivity index (χ0) is 11.4. The minimum atomic E-state index is -1.44. The van der Waals surface area contributed by atoms with Gasteiger partial charge in [0.2, 0.25) is 0 Å². The molecule has 80 valence electrons. The first-order valence-corrected chi connectivity index (χ1v) is 4.47. The van der Waals surface area contributed by atoms with Crippen molar-refractivity contribution < 1.29 is 23.2 Å². The lowest BCUT2D eigenvalue weighted by atomic mass is 10.2. The van der Waals surface area contributed by atoms with Gasteiger partial charge in [-0.25, -0.2) is 0 Å². The summed E-state index contributed by atoms with van der Waals surface area (Å²) < 4.78 is 0.814. The molecule has 1 aliphatic heterocycles. The molecule has 0 spiro atoms. The van der Waals surface area contributed by atoms with E-state index in [4.69, 9.17) is 5.11 Å². The summed E-state index contributed by atoms with van der Waals surface area (Å²) in [6, 6.07) is 0. The minimum absolute atomic E-state index is 0.279. The van der Waals surface area contributed by atoms with E-state index in [0.29, 0.717) is 9.68 Å². The SMILES string of the molecule is O=C(O)[N+]([S-])=[N+]([S-])C(O)=C1C=CNC=C1. The minimum Gasteiger partial charge on any atom is -0.456 e. The molecule has 6 nitrogen and oxygen atoms in total. The van der Waals surface area contributed by atoms with E-state index in [1.807, 2.05) is 0 Å². The predicted octanol–water partition coefficient (Wildman–Crippen LogP) is 0.466. The second-order valence-corrected chi connectivity index (χ2v) is 3.13. The van der Waals surface area contributed by atoms with Gasteiger partial charge in [-0.2, -0.15) is 4.79 Å². The predicted molar refractivity (Wildman–Crippen MR) is 54.3 cm³/mol. The van der Waals surface area contributed by atoms with Crippen molar-refractivity contribution in [3.05, 3.63) is 36.0 Å². The van der Waals surface area contributed by atoms with Crippen molar-refractivity contribution in [2.75, 3.05) is 0 Å². The summed E-state index contributed by atoms with van der Waals surface area (Å²) in [6.07, 6.45) is 4.74. The Labute approximate surface area is 96.6 Å². The molecule has 0 aliphatic carbocycles. The number of allylic oxidation sites excluding steroid dienone is 3. The Morgan fingerprint density at radius 2 is 1.73 bits per heavy atom.